The number of anilines is 1. The summed E-state index contributed by atoms with van der Waals surface area (Å²) in [6.45, 7) is 1.82. The molecule has 0 aromatic heterocycles. The van der Waals surface area contributed by atoms with Crippen LogP contribution in [-0.2, 0) is 4.79 Å². The summed E-state index contributed by atoms with van der Waals surface area (Å²) < 4.78 is 6.14. The van der Waals surface area contributed by atoms with Crippen LogP contribution >= 0.6 is 11.8 Å². The van der Waals surface area contributed by atoms with Gasteiger partial charge in [0.2, 0.25) is 0 Å². The number of thioether (sulfide) groups is 1. The number of nitrogen functional groups attached to an aromatic ring is 1. The van der Waals surface area contributed by atoms with E-state index in [1.165, 1.54) is 0 Å². The van der Waals surface area contributed by atoms with Gasteiger partial charge in [0.15, 0.2) is 0 Å². The van der Waals surface area contributed by atoms with Crippen molar-refractivity contribution in [3.63, 3.8) is 0 Å². The molecule has 2 aromatic rings. The molecule has 0 spiro atoms. The Hall–Kier alpha value is -3.38. The van der Waals surface area contributed by atoms with Crippen molar-refractivity contribution in [2.24, 2.45) is 4.99 Å². The molecule has 2 aromatic carbocycles. The van der Waals surface area contributed by atoms with E-state index in [1.807, 2.05) is 49.4 Å². The molecule has 1 aliphatic carbocycles. The normalized spacial score (nSPS) is 11.8. The molecule has 2 aliphatic rings. The summed E-state index contributed by atoms with van der Waals surface area (Å²) in [6.07, 6.45) is 0.865. The first kappa shape index (κ1) is 20.9. The molecule has 1 aliphatic heterocycles. The standard InChI is InChI=1S/C25H22N2O3S/c1-2-19(28)12-13-31-25(29)27-18-9-11-21-23(15-18)30-22-14-17(26)8-10-20(22)24(21)16-6-4-3-5-7-16/h3-11,14-15H,2,12-13,26H2,1H3. The van der Waals surface area contributed by atoms with Crippen LogP contribution in [0.3, 0.4) is 0 Å². The lowest BCUT2D eigenvalue weighted by Crippen LogP contribution is -2.06. The minimum absolute atomic E-state index is 0.143. The predicted octanol–water partition coefficient (Wildman–Crippen LogP) is 5.91. The number of Topliss-reactive ketones (excluding diaryl/α,β-unsaturated/α-hetero) is 1. The zero-order valence-electron chi connectivity index (χ0n) is 17.1. The number of rotatable bonds is 5. The van der Waals surface area contributed by atoms with Crippen LogP contribution in [0.25, 0.3) is 33.4 Å². The fourth-order valence-electron chi connectivity index (χ4n) is 3.45. The first-order valence-corrected chi connectivity index (χ1v) is 11.1. The van der Waals surface area contributed by atoms with E-state index < -0.39 is 0 Å². The highest BCUT2D eigenvalue weighted by atomic mass is 32.2. The molecule has 6 heteroatoms. The summed E-state index contributed by atoms with van der Waals surface area (Å²) in [7, 11) is 0. The van der Waals surface area contributed by atoms with Gasteiger partial charge in [-0.25, -0.2) is 4.99 Å². The lowest BCUT2D eigenvalue weighted by molar-refractivity contribution is -0.118. The van der Waals surface area contributed by atoms with Gasteiger partial charge in [-0.15, -0.1) is 0 Å². The minimum atomic E-state index is -0.323. The van der Waals surface area contributed by atoms with Crippen molar-refractivity contribution in [1.29, 1.82) is 0 Å². The summed E-state index contributed by atoms with van der Waals surface area (Å²) in [5.74, 6) is 1.20. The highest BCUT2D eigenvalue weighted by molar-refractivity contribution is 8.13. The van der Waals surface area contributed by atoms with Crippen molar-refractivity contribution in [3.8, 4) is 22.5 Å². The lowest BCUT2D eigenvalue weighted by Gasteiger charge is -2.15. The van der Waals surface area contributed by atoms with E-state index in [0.717, 1.165) is 33.8 Å². The van der Waals surface area contributed by atoms with Crippen LogP contribution in [0.15, 0.2) is 76.1 Å². The van der Waals surface area contributed by atoms with E-state index >= 15 is 0 Å². The van der Waals surface area contributed by atoms with Crippen LogP contribution in [0.2, 0.25) is 0 Å². The quantitative estimate of drug-likeness (QED) is 0.314. The van der Waals surface area contributed by atoms with Gasteiger partial charge in [0.1, 0.15) is 17.1 Å². The van der Waals surface area contributed by atoms with Crippen LogP contribution in [0.4, 0.5) is 10.5 Å². The molecule has 0 atom stereocenters. The number of benzene rings is 3. The second kappa shape index (κ2) is 9.18. The Kier molecular flexibility index (Phi) is 6.18. The van der Waals surface area contributed by atoms with Crippen LogP contribution < -0.4 is 11.1 Å². The second-order valence-corrected chi connectivity index (χ2v) is 8.19. The highest BCUT2D eigenvalue weighted by Crippen LogP contribution is 2.40. The number of fused-ring (bicyclic) bond motifs is 2. The Labute approximate surface area is 184 Å². The number of hydrogen-bond donors (Lipinski definition) is 1. The fraction of sp³-hybridized carbons (Fsp3) is 0.160. The zero-order valence-corrected chi connectivity index (χ0v) is 17.9. The Morgan fingerprint density at radius 1 is 1.03 bits per heavy atom. The van der Waals surface area contributed by atoms with Crippen LogP contribution in [-0.4, -0.2) is 16.8 Å². The monoisotopic (exact) mass is 430 g/mol. The van der Waals surface area contributed by atoms with Gasteiger partial charge in [-0.05, 0) is 29.8 Å². The first-order valence-electron chi connectivity index (χ1n) is 10.1. The molecular formula is C25H22N2O3S. The smallest absolute Gasteiger partial charge is 0.305 e. The van der Waals surface area contributed by atoms with Crippen molar-refractivity contribution in [3.05, 3.63) is 72.1 Å². The maximum Gasteiger partial charge on any atom is 0.305 e. The molecule has 0 bridgehead atoms. The Morgan fingerprint density at radius 3 is 2.61 bits per heavy atom. The summed E-state index contributed by atoms with van der Waals surface area (Å²) >= 11 is 1.05. The first-order chi connectivity index (χ1) is 15.0. The number of ketones is 1. The van der Waals surface area contributed by atoms with Crippen molar-refractivity contribution in [1.82, 2.24) is 0 Å². The Balaban J connectivity index is 1.78. The SMILES string of the molecule is CCC(=O)CCSC(=O)N=c1ccc2c(-c3ccccc3)c3ccc(N)cc3oc-2c1. The van der Waals surface area contributed by atoms with E-state index in [0.29, 0.717) is 41.0 Å². The molecule has 5 nitrogen and oxygen atoms in total. The van der Waals surface area contributed by atoms with Gasteiger partial charge in [0.05, 0.1) is 5.36 Å². The van der Waals surface area contributed by atoms with Crippen LogP contribution in [0, 0.1) is 0 Å². The molecule has 0 radical (unpaired) electrons. The third-order valence-corrected chi connectivity index (χ3v) is 5.76. The number of nitrogens with zero attached hydrogens (tertiary/aromatic N) is 1. The molecule has 1 amide bonds. The van der Waals surface area contributed by atoms with Crippen LogP contribution in [0.5, 0.6) is 0 Å². The van der Waals surface area contributed by atoms with Crippen molar-refractivity contribution < 1.29 is 14.0 Å². The molecule has 31 heavy (non-hydrogen) atoms. The zero-order chi connectivity index (χ0) is 21.8. The number of hydrogen-bond acceptors (Lipinski definition) is 5. The van der Waals surface area contributed by atoms with Gasteiger partial charge >= 0.3 is 5.24 Å². The molecule has 2 N–H and O–H groups in total. The second-order valence-electron chi connectivity index (χ2n) is 7.15. The van der Waals surface area contributed by atoms with Gasteiger partial charge in [-0.3, -0.25) is 9.59 Å². The molecular weight excluding hydrogens is 408 g/mol. The largest absolute Gasteiger partial charge is 0.456 e. The van der Waals surface area contributed by atoms with Gasteiger partial charge in [0, 0.05) is 52.9 Å². The third-order valence-electron chi connectivity index (χ3n) is 5.01. The maximum absolute atomic E-state index is 12.2. The van der Waals surface area contributed by atoms with E-state index in [9.17, 15) is 9.59 Å². The topological polar surface area (TPSA) is 85.7 Å². The fourth-order valence-corrected chi connectivity index (χ4v) is 4.12. The average Bonchev–Trinajstić information content (AvgIpc) is 2.77. The molecule has 4 rings (SSSR count). The van der Waals surface area contributed by atoms with E-state index in [4.69, 9.17) is 10.2 Å². The van der Waals surface area contributed by atoms with E-state index in [1.54, 1.807) is 12.1 Å². The lowest BCUT2D eigenvalue weighted by atomic mass is 9.94. The van der Waals surface area contributed by atoms with E-state index in [2.05, 4.69) is 17.1 Å². The summed E-state index contributed by atoms with van der Waals surface area (Å²) in [5, 5.41) is 1.15. The Bertz CT molecular complexity index is 1300. The number of carbonyl (C=O) groups excluding carboxylic acids is 2. The summed E-state index contributed by atoms with van der Waals surface area (Å²) in [5.41, 5.74) is 10.3. The van der Waals surface area contributed by atoms with Crippen LogP contribution in [0.1, 0.15) is 19.8 Å². The number of carbonyl (C=O) groups is 2. The molecule has 0 fully saturated rings. The summed E-state index contributed by atoms with van der Waals surface area (Å²) in [6, 6.07) is 21.2. The Morgan fingerprint density at radius 2 is 1.84 bits per heavy atom. The van der Waals surface area contributed by atoms with Gasteiger partial charge in [0.25, 0.3) is 0 Å². The summed E-state index contributed by atoms with van der Waals surface area (Å²) in [4.78, 5) is 27.8. The van der Waals surface area contributed by atoms with Gasteiger partial charge < -0.3 is 10.2 Å². The molecule has 0 unspecified atom stereocenters. The van der Waals surface area contributed by atoms with Gasteiger partial charge in [-0.1, -0.05) is 49.0 Å². The van der Waals surface area contributed by atoms with Crippen molar-refractivity contribution in [2.45, 2.75) is 19.8 Å². The predicted molar refractivity (Wildman–Crippen MR) is 126 cm³/mol. The molecule has 156 valence electrons. The highest BCUT2D eigenvalue weighted by Gasteiger charge is 2.17. The molecule has 1 heterocycles. The van der Waals surface area contributed by atoms with E-state index in [-0.39, 0.29) is 11.0 Å². The number of amides is 1. The van der Waals surface area contributed by atoms with Crippen molar-refractivity contribution >= 4 is 39.4 Å². The van der Waals surface area contributed by atoms with Crippen molar-refractivity contribution in [2.75, 3.05) is 11.5 Å². The maximum atomic E-state index is 12.2. The molecule has 0 saturated carbocycles. The molecule has 0 saturated heterocycles. The third kappa shape index (κ3) is 4.70. The van der Waals surface area contributed by atoms with Gasteiger partial charge in [-0.2, -0.15) is 0 Å². The minimum Gasteiger partial charge on any atom is -0.456 e. The average molecular weight is 431 g/mol. The number of nitrogens with two attached hydrogens (primary N) is 1.